The fraction of sp³-hybridized carbons (Fsp3) is 0.529. The maximum atomic E-state index is 12.5. The number of nitrogens with zero attached hydrogens (tertiary/aromatic N) is 1. The lowest BCUT2D eigenvalue weighted by molar-refractivity contribution is -0.132. The van der Waals surface area contributed by atoms with Gasteiger partial charge in [-0.05, 0) is 44.2 Å². The van der Waals surface area contributed by atoms with Gasteiger partial charge in [0.05, 0.1) is 7.11 Å². The van der Waals surface area contributed by atoms with Gasteiger partial charge in [-0.25, -0.2) is 0 Å². The average Bonchev–Trinajstić information content (AvgIpc) is 2.59. The fourth-order valence-corrected chi connectivity index (χ4v) is 2.77. The predicted octanol–water partition coefficient (Wildman–Crippen LogP) is 1.73. The molecule has 0 spiro atoms. The Morgan fingerprint density at radius 2 is 1.86 bits per heavy atom. The van der Waals surface area contributed by atoms with Gasteiger partial charge >= 0.3 is 0 Å². The number of carbonyl (C=O) groups is 2. The normalized spacial score (nSPS) is 15.6. The summed E-state index contributed by atoms with van der Waals surface area (Å²) >= 11 is 0. The van der Waals surface area contributed by atoms with Gasteiger partial charge in [0, 0.05) is 37.5 Å². The van der Waals surface area contributed by atoms with Crippen molar-refractivity contribution in [2.45, 2.75) is 19.3 Å². The minimum absolute atomic E-state index is 0.0155. The molecular weight excluding hydrogens is 280 g/mol. The van der Waals surface area contributed by atoms with E-state index in [1.807, 2.05) is 36.2 Å². The van der Waals surface area contributed by atoms with E-state index < -0.39 is 0 Å². The number of likely N-dealkylation sites (tertiary alicyclic amines) is 1. The molecule has 1 N–H and O–H groups in total. The first-order valence-electron chi connectivity index (χ1n) is 7.76. The number of ketones is 1. The number of hydrogen-bond acceptors (Lipinski definition) is 4. The van der Waals surface area contributed by atoms with Crippen LogP contribution in [0.1, 0.15) is 29.6 Å². The Balaban J connectivity index is 1.87. The third-order valence-corrected chi connectivity index (χ3v) is 4.18. The number of benzene rings is 1. The Hall–Kier alpha value is -1.88. The van der Waals surface area contributed by atoms with Crippen molar-refractivity contribution in [3.05, 3.63) is 29.8 Å². The number of methoxy groups -OCH3 is 1. The van der Waals surface area contributed by atoms with Crippen molar-refractivity contribution in [1.29, 1.82) is 0 Å². The van der Waals surface area contributed by atoms with E-state index >= 15 is 0 Å². The van der Waals surface area contributed by atoms with Crippen LogP contribution in [0.5, 0.6) is 5.75 Å². The van der Waals surface area contributed by atoms with Gasteiger partial charge in [-0.3, -0.25) is 9.59 Å². The highest BCUT2D eigenvalue weighted by atomic mass is 16.5. The molecule has 0 aromatic heterocycles. The van der Waals surface area contributed by atoms with Crippen LogP contribution in [0.15, 0.2) is 24.3 Å². The fourth-order valence-electron chi connectivity index (χ4n) is 2.77. The second kappa shape index (κ2) is 7.94. The van der Waals surface area contributed by atoms with Gasteiger partial charge in [0.15, 0.2) is 5.78 Å². The largest absolute Gasteiger partial charge is 0.497 e. The topological polar surface area (TPSA) is 58.6 Å². The quantitative estimate of drug-likeness (QED) is 0.813. The Morgan fingerprint density at radius 1 is 1.23 bits per heavy atom. The molecule has 1 heterocycles. The molecule has 1 fully saturated rings. The molecule has 1 saturated heterocycles. The molecule has 1 aromatic rings. The average molecular weight is 304 g/mol. The first-order chi connectivity index (χ1) is 10.7. The number of rotatable bonds is 6. The van der Waals surface area contributed by atoms with Crippen LogP contribution in [0.2, 0.25) is 0 Å². The van der Waals surface area contributed by atoms with E-state index in [0.29, 0.717) is 26.1 Å². The molecule has 1 aliphatic heterocycles. The molecule has 5 nitrogen and oxygen atoms in total. The van der Waals surface area contributed by atoms with Crippen molar-refractivity contribution >= 4 is 11.7 Å². The molecule has 22 heavy (non-hydrogen) atoms. The summed E-state index contributed by atoms with van der Waals surface area (Å²) in [6.45, 7) is 2.05. The maximum absolute atomic E-state index is 12.5. The molecule has 1 amide bonds. The van der Waals surface area contributed by atoms with Crippen LogP contribution in [0.4, 0.5) is 0 Å². The molecule has 0 atom stereocenters. The Bertz CT molecular complexity index is 505. The second-order valence-electron chi connectivity index (χ2n) is 5.60. The van der Waals surface area contributed by atoms with Gasteiger partial charge in [-0.15, -0.1) is 0 Å². The van der Waals surface area contributed by atoms with Crippen LogP contribution < -0.4 is 10.1 Å². The molecule has 1 aliphatic rings. The van der Waals surface area contributed by atoms with Crippen LogP contribution in [0.3, 0.4) is 0 Å². The summed E-state index contributed by atoms with van der Waals surface area (Å²) in [5.74, 6) is 1.11. The number of amides is 1. The van der Waals surface area contributed by atoms with Crippen LogP contribution in [-0.4, -0.2) is 50.4 Å². The van der Waals surface area contributed by atoms with Gasteiger partial charge in [0.2, 0.25) is 5.91 Å². The van der Waals surface area contributed by atoms with Crippen molar-refractivity contribution in [2.24, 2.45) is 5.92 Å². The highest BCUT2D eigenvalue weighted by Gasteiger charge is 2.27. The van der Waals surface area contributed by atoms with E-state index in [1.54, 1.807) is 7.11 Å². The van der Waals surface area contributed by atoms with E-state index in [2.05, 4.69) is 5.32 Å². The van der Waals surface area contributed by atoms with E-state index in [9.17, 15) is 9.59 Å². The minimum Gasteiger partial charge on any atom is -0.497 e. The molecule has 1 aromatic carbocycles. The van der Waals surface area contributed by atoms with Crippen molar-refractivity contribution in [2.75, 3.05) is 33.8 Å². The van der Waals surface area contributed by atoms with E-state index in [0.717, 1.165) is 24.2 Å². The summed E-state index contributed by atoms with van der Waals surface area (Å²) in [5.41, 5.74) is 0.723. The second-order valence-corrected chi connectivity index (χ2v) is 5.60. The maximum Gasteiger partial charge on any atom is 0.223 e. The lowest BCUT2D eigenvalue weighted by Crippen LogP contribution is -2.41. The Labute approximate surface area is 131 Å². The third kappa shape index (κ3) is 4.07. The lowest BCUT2D eigenvalue weighted by atomic mass is 9.89. The molecule has 0 bridgehead atoms. The van der Waals surface area contributed by atoms with Crippen LogP contribution >= 0.6 is 0 Å². The Morgan fingerprint density at radius 3 is 2.41 bits per heavy atom. The summed E-state index contributed by atoms with van der Waals surface area (Å²) < 4.78 is 5.11. The predicted molar refractivity (Wildman–Crippen MR) is 85.2 cm³/mol. The standard InChI is InChI=1S/C17H24N2O3/c1-18-10-7-16(20)19-11-8-14(9-12-19)17(21)13-3-5-15(22-2)6-4-13/h3-6,14,18H,7-12H2,1-2H3. The van der Waals surface area contributed by atoms with Crippen LogP contribution in [0.25, 0.3) is 0 Å². The molecule has 120 valence electrons. The van der Waals surface area contributed by atoms with E-state index in [4.69, 9.17) is 4.74 Å². The third-order valence-electron chi connectivity index (χ3n) is 4.18. The zero-order valence-electron chi connectivity index (χ0n) is 13.3. The Kier molecular flexibility index (Phi) is 5.95. The number of piperidine rings is 1. The molecular formula is C17H24N2O3. The van der Waals surface area contributed by atoms with Crippen molar-refractivity contribution in [3.8, 4) is 5.75 Å². The summed E-state index contributed by atoms with van der Waals surface area (Å²) in [5, 5.41) is 2.98. The molecule has 5 heteroatoms. The van der Waals surface area contributed by atoms with Gasteiger partial charge in [0.25, 0.3) is 0 Å². The van der Waals surface area contributed by atoms with Crippen molar-refractivity contribution < 1.29 is 14.3 Å². The molecule has 0 unspecified atom stereocenters. The number of Topliss-reactive ketones (excluding diaryl/α,β-unsaturated/α-hetero) is 1. The van der Waals surface area contributed by atoms with Gasteiger partial charge < -0.3 is 15.0 Å². The zero-order valence-corrected chi connectivity index (χ0v) is 13.3. The molecule has 0 aliphatic carbocycles. The zero-order chi connectivity index (χ0) is 15.9. The monoisotopic (exact) mass is 304 g/mol. The van der Waals surface area contributed by atoms with Gasteiger partial charge in [-0.2, -0.15) is 0 Å². The summed E-state index contributed by atoms with van der Waals surface area (Å²) in [6, 6.07) is 7.24. The van der Waals surface area contributed by atoms with Crippen molar-refractivity contribution in [1.82, 2.24) is 10.2 Å². The van der Waals surface area contributed by atoms with Gasteiger partial charge in [0.1, 0.15) is 5.75 Å². The highest BCUT2D eigenvalue weighted by Crippen LogP contribution is 2.23. The van der Waals surface area contributed by atoms with E-state index in [1.165, 1.54) is 0 Å². The van der Waals surface area contributed by atoms with Crippen LogP contribution in [-0.2, 0) is 4.79 Å². The lowest BCUT2D eigenvalue weighted by Gasteiger charge is -2.31. The number of nitrogens with one attached hydrogen (secondary N) is 1. The number of carbonyl (C=O) groups excluding carboxylic acids is 2. The SMILES string of the molecule is CNCCC(=O)N1CCC(C(=O)c2ccc(OC)cc2)CC1. The van der Waals surface area contributed by atoms with Crippen LogP contribution in [0, 0.1) is 5.92 Å². The molecule has 0 saturated carbocycles. The highest BCUT2D eigenvalue weighted by molar-refractivity contribution is 5.98. The van der Waals surface area contributed by atoms with Crippen molar-refractivity contribution in [3.63, 3.8) is 0 Å². The summed E-state index contributed by atoms with van der Waals surface area (Å²) in [6.07, 6.45) is 2.01. The van der Waals surface area contributed by atoms with Gasteiger partial charge in [-0.1, -0.05) is 0 Å². The van der Waals surface area contributed by atoms with E-state index in [-0.39, 0.29) is 17.6 Å². The minimum atomic E-state index is 0.0155. The molecule has 2 rings (SSSR count). The first kappa shape index (κ1) is 16.5. The number of ether oxygens (including phenoxy) is 1. The summed E-state index contributed by atoms with van der Waals surface area (Å²) in [4.78, 5) is 26.3. The number of hydrogen-bond donors (Lipinski definition) is 1. The molecule has 0 radical (unpaired) electrons. The first-order valence-corrected chi connectivity index (χ1v) is 7.76. The summed E-state index contributed by atoms with van der Waals surface area (Å²) in [7, 11) is 3.45. The smallest absolute Gasteiger partial charge is 0.223 e.